The van der Waals surface area contributed by atoms with Crippen molar-refractivity contribution in [2.24, 2.45) is 5.14 Å². The molecule has 0 amide bonds. The van der Waals surface area contributed by atoms with Crippen molar-refractivity contribution in [2.45, 2.75) is 4.90 Å². The van der Waals surface area contributed by atoms with Gasteiger partial charge in [-0.1, -0.05) is 30.3 Å². The first-order valence-electron chi connectivity index (χ1n) is 6.62. The van der Waals surface area contributed by atoms with Crippen LogP contribution in [0.2, 0.25) is 0 Å². The molecule has 0 aliphatic rings. The maximum atomic E-state index is 11.6. The van der Waals surface area contributed by atoms with Gasteiger partial charge in [0.1, 0.15) is 0 Å². The molecule has 3 aromatic rings. The molecule has 0 spiro atoms. The number of carboxylic acid groups (broad SMARTS) is 1. The number of rotatable bonds is 3. The SMILES string of the molecule is NS(=O)(=O)c1ccc2nc(-c3ccccc3)cc(C(=O)O)c2c1. The number of nitrogens with two attached hydrogens (primary N) is 1. The van der Waals surface area contributed by atoms with Crippen LogP contribution < -0.4 is 5.14 Å². The van der Waals surface area contributed by atoms with E-state index in [0.717, 1.165) is 5.56 Å². The van der Waals surface area contributed by atoms with Crippen molar-refractivity contribution in [2.75, 3.05) is 0 Å². The van der Waals surface area contributed by atoms with Crippen LogP contribution in [0.25, 0.3) is 22.2 Å². The zero-order chi connectivity index (χ0) is 16.6. The van der Waals surface area contributed by atoms with Gasteiger partial charge in [0, 0.05) is 10.9 Å². The maximum absolute atomic E-state index is 11.6. The fourth-order valence-corrected chi connectivity index (χ4v) is 2.86. The lowest BCUT2D eigenvalue weighted by molar-refractivity contribution is 0.0699. The van der Waals surface area contributed by atoms with Gasteiger partial charge in [-0.15, -0.1) is 0 Å². The van der Waals surface area contributed by atoms with Crippen molar-refractivity contribution in [3.63, 3.8) is 0 Å². The van der Waals surface area contributed by atoms with E-state index in [2.05, 4.69) is 4.98 Å². The standard InChI is InChI=1S/C16H12N2O4S/c17-23(21,22)11-6-7-14-12(8-11)13(16(19)20)9-15(18-14)10-4-2-1-3-5-10/h1-9H,(H,19,20)(H2,17,21,22). The highest BCUT2D eigenvalue weighted by Crippen LogP contribution is 2.26. The van der Waals surface area contributed by atoms with E-state index < -0.39 is 16.0 Å². The smallest absolute Gasteiger partial charge is 0.336 e. The summed E-state index contributed by atoms with van der Waals surface area (Å²) in [7, 11) is -3.92. The van der Waals surface area contributed by atoms with Crippen molar-refractivity contribution in [1.29, 1.82) is 0 Å². The Kier molecular flexibility index (Phi) is 3.59. The first-order valence-corrected chi connectivity index (χ1v) is 8.17. The van der Waals surface area contributed by atoms with Gasteiger partial charge in [-0.3, -0.25) is 0 Å². The summed E-state index contributed by atoms with van der Waals surface area (Å²) in [4.78, 5) is 15.8. The monoisotopic (exact) mass is 328 g/mol. The molecule has 1 heterocycles. The highest BCUT2D eigenvalue weighted by Gasteiger charge is 2.16. The average Bonchev–Trinajstić information content (AvgIpc) is 2.53. The molecule has 0 aliphatic carbocycles. The third-order valence-electron chi connectivity index (χ3n) is 3.41. The Morgan fingerprint density at radius 3 is 2.35 bits per heavy atom. The van der Waals surface area contributed by atoms with E-state index in [9.17, 15) is 18.3 Å². The number of carbonyl (C=O) groups is 1. The summed E-state index contributed by atoms with van der Waals surface area (Å²) in [5, 5.41) is 14.8. The van der Waals surface area contributed by atoms with E-state index in [-0.39, 0.29) is 15.8 Å². The van der Waals surface area contributed by atoms with Gasteiger partial charge >= 0.3 is 5.97 Å². The highest BCUT2D eigenvalue weighted by molar-refractivity contribution is 7.89. The lowest BCUT2D eigenvalue weighted by atomic mass is 10.0. The van der Waals surface area contributed by atoms with E-state index in [0.29, 0.717) is 11.2 Å². The molecule has 0 saturated carbocycles. The van der Waals surface area contributed by atoms with Crippen LogP contribution in [0.1, 0.15) is 10.4 Å². The lowest BCUT2D eigenvalue weighted by Crippen LogP contribution is -2.12. The molecule has 116 valence electrons. The Hall–Kier alpha value is -2.77. The lowest BCUT2D eigenvalue weighted by Gasteiger charge is -2.08. The van der Waals surface area contributed by atoms with Crippen LogP contribution in [-0.4, -0.2) is 24.5 Å². The number of pyridine rings is 1. The maximum Gasteiger partial charge on any atom is 0.336 e. The number of primary sulfonamides is 1. The average molecular weight is 328 g/mol. The molecule has 0 unspecified atom stereocenters. The van der Waals surface area contributed by atoms with E-state index in [1.807, 2.05) is 30.3 Å². The van der Waals surface area contributed by atoms with Crippen molar-refractivity contribution < 1.29 is 18.3 Å². The molecule has 3 rings (SSSR count). The van der Waals surface area contributed by atoms with Crippen LogP contribution in [0, 0.1) is 0 Å². The molecule has 6 nitrogen and oxygen atoms in total. The second kappa shape index (κ2) is 5.45. The molecule has 0 saturated heterocycles. The van der Waals surface area contributed by atoms with Crippen LogP contribution in [0.5, 0.6) is 0 Å². The van der Waals surface area contributed by atoms with Gasteiger partial charge in [0.2, 0.25) is 10.0 Å². The molecule has 3 N–H and O–H groups in total. The van der Waals surface area contributed by atoms with E-state index >= 15 is 0 Å². The second-order valence-corrected chi connectivity index (χ2v) is 6.51. The van der Waals surface area contributed by atoms with Gasteiger partial charge in [-0.25, -0.2) is 23.3 Å². The summed E-state index contributed by atoms with van der Waals surface area (Å²) in [6.07, 6.45) is 0. The molecular formula is C16H12N2O4S. The van der Waals surface area contributed by atoms with E-state index in [4.69, 9.17) is 5.14 Å². The number of nitrogens with zero attached hydrogens (tertiary/aromatic N) is 1. The Bertz CT molecular complexity index is 1010. The third kappa shape index (κ3) is 2.92. The fraction of sp³-hybridized carbons (Fsp3) is 0. The number of sulfonamides is 1. The summed E-state index contributed by atoms with van der Waals surface area (Å²) >= 11 is 0. The van der Waals surface area contributed by atoms with Crippen molar-refractivity contribution in [3.05, 3.63) is 60.2 Å². The zero-order valence-electron chi connectivity index (χ0n) is 11.8. The summed E-state index contributed by atoms with van der Waals surface area (Å²) in [6.45, 7) is 0. The summed E-state index contributed by atoms with van der Waals surface area (Å²) in [5.41, 5.74) is 1.63. The molecule has 0 radical (unpaired) electrons. The molecule has 23 heavy (non-hydrogen) atoms. The van der Waals surface area contributed by atoms with Crippen LogP contribution in [-0.2, 0) is 10.0 Å². The predicted molar refractivity (Wildman–Crippen MR) is 85.5 cm³/mol. The normalized spacial score (nSPS) is 11.5. The summed E-state index contributed by atoms with van der Waals surface area (Å²) in [5.74, 6) is -1.17. The number of aromatic nitrogens is 1. The van der Waals surface area contributed by atoms with Crippen LogP contribution in [0.3, 0.4) is 0 Å². The van der Waals surface area contributed by atoms with Crippen molar-refractivity contribution in [1.82, 2.24) is 4.98 Å². The Labute approximate surface area is 132 Å². The first-order chi connectivity index (χ1) is 10.9. The van der Waals surface area contributed by atoms with Crippen LogP contribution in [0.4, 0.5) is 0 Å². The number of aromatic carboxylic acids is 1. The topological polar surface area (TPSA) is 110 Å². The second-order valence-electron chi connectivity index (χ2n) is 4.95. The highest BCUT2D eigenvalue weighted by atomic mass is 32.2. The van der Waals surface area contributed by atoms with E-state index in [1.54, 1.807) is 0 Å². The number of hydrogen-bond donors (Lipinski definition) is 2. The van der Waals surface area contributed by atoms with Crippen molar-refractivity contribution >= 4 is 26.9 Å². The number of hydrogen-bond acceptors (Lipinski definition) is 4. The Morgan fingerprint density at radius 1 is 1.04 bits per heavy atom. The minimum Gasteiger partial charge on any atom is -0.478 e. The minimum atomic E-state index is -3.92. The Morgan fingerprint density at radius 2 is 1.74 bits per heavy atom. The number of benzene rings is 2. The van der Waals surface area contributed by atoms with E-state index in [1.165, 1.54) is 24.3 Å². The van der Waals surface area contributed by atoms with Gasteiger partial charge in [0.25, 0.3) is 0 Å². The van der Waals surface area contributed by atoms with Crippen LogP contribution >= 0.6 is 0 Å². The van der Waals surface area contributed by atoms with Crippen LogP contribution in [0.15, 0.2) is 59.5 Å². The molecule has 2 aromatic carbocycles. The summed E-state index contributed by atoms with van der Waals surface area (Å²) in [6, 6.07) is 14.6. The molecule has 0 aliphatic heterocycles. The predicted octanol–water partition coefficient (Wildman–Crippen LogP) is 2.25. The molecule has 0 atom stereocenters. The fourth-order valence-electron chi connectivity index (χ4n) is 2.32. The third-order valence-corrected chi connectivity index (χ3v) is 4.32. The minimum absolute atomic E-state index is 0.0284. The molecule has 0 bridgehead atoms. The van der Waals surface area contributed by atoms with Gasteiger partial charge in [-0.2, -0.15) is 0 Å². The van der Waals surface area contributed by atoms with Gasteiger partial charge < -0.3 is 5.11 Å². The zero-order valence-corrected chi connectivity index (χ0v) is 12.6. The quantitative estimate of drug-likeness (QED) is 0.766. The van der Waals surface area contributed by atoms with Crippen molar-refractivity contribution in [3.8, 4) is 11.3 Å². The van der Waals surface area contributed by atoms with Gasteiger partial charge in [-0.05, 0) is 24.3 Å². The number of carboxylic acids is 1. The van der Waals surface area contributed by atoms with Gasteiger partial charge in [0.15, 0.2) is 0 Å². The molecule has 1 aromatic heterocycles. The first kappa shape index (κ1) is 15.1. The summed E-state index contributed by atoms with van der Waals surface area (Å²) < 4.78 is 22.9. The van der Waals surface area contributed by atoms with Gasteiger partial charge in [0.05, 0.1) is 21.7 Å². The number of fused-ring (bicyclic) bond motifs is 1. The Balaban J connectivity index is 2.32. The molecular weight excluding hydrogens is 316 g/mol. The molecule has 7 heteroatoms. The molecule has 0 fully saturated rings. The largest absolute Gasteiger partial charge is 0.478 e.